The molecule has 0 saturated carbocycles. The minimum absolute atomic E-state index is 0.0665. The van der Waals surface area contributed by atoms with Crippen molar-refractivity contribution in [1.82, 2.24) is 14.5 Å². The number of hydrogen-bond donors (Lipinski definition) is 1. The van der Waals surface area contributed by atoms with Gasteiger partial charge in [-0.05, 0) is 54.1 Å². The molecule has 188 valence electrons. The van der Waals surface area contributed by atoms with Crippen molar-refractivity contribution in [3.8, 4) is 22.6 Å². The number of imidazole rings is 1. The number of aliphatic hydroxyl groups excluding tert-OH is 1. The molecule has 1 aliphatic heterocycles. The summed E-state index contributed by atoms with van der Waals surface area (Å²) in [5.41, 5.74) is 4.41. The zero-order valence-electron chi connectivity index (χ0n) is 20.6. The summed E-state index contributed by atoms with van der Waals surface area (Å²) in [4.78, 5) is 24.2. The van der Waals surface area contributed by atoms with Crippen molar-refractivity contribution in [2.24, 2.45) is 4.99 Å². The Kier molecular flexibility index (Phi) is 6.94. The smallest absolute Gasteiger partial charge is 0.210 e. The van der Waals surface area contributed by atoms with Crippen molar-refractivity contribution >= 4 is 12.0 Å². The average Bonchev–Trinajstić information content (AvgIpc) is 3.35. The predicted octanol–water partition coefficient (Wildman–Crippen LogP) is 4.47. The van der Waals surface area contributed by atoms with Crippen LogP contribution in [0, 0.1) is 5.82 Å². The zero-order valence-corrected chi connectivity index (χ0v) is 20.6. The van der Waals surface area contributed by atoms with Crippen LogP contribution in [0.4, 0.5) is 4.39 Å². The first-order chi connectivity index (χ1) is 18.0. The van der Waals surface area contributed by atoms with Gasteiger partial charge in [0, 0.05) is 24.3 Å². The number of rotatable bonds is 8. The highest BCUT2D eigenvalue weighted by Gasteiger charge is 2.32. The largest absolute Gasteiger partial charge is 0.497 e. The number of halogens is 1. The number of Topliss-reactive ketones (excluding diaryl/α,β-unsaturated/α-hetero) is 1. The summed E-state index contributed by atoms with van der Waals surface area (Å²) in [5, 5.41) is 9.22. The van der Waals surface area contributed by atoms with E-state index in [1.807, 2.05) is 54.4 Å². The van der Waals surface area contributed by atoms with E-state index in [9.17, 15) is 9.90 Å². The Bertz CT molecular complexity index is 1460. The molecule has 1 unspecified atom stereocenters. The lowest BCUT2D eigenvalue weighted by Gasteiger charge is -2.20. The van der Waals surface area contributed by atoms with E-state index in [4.69, 9.17) is 4.74 Å². The van der Waals surface area contributed by atoms with E-state index >= 15 is 4.39 Å². The number of aromatic nitrogens is 2. The lowest BCUT2D eigenvalue weighted by molar-refractivity contribution is 0.0952. The van der Waals surface area contributed by atoms with Crippen LogP contribution in [0.2, 0.25) is 0 Å². The van der Waals surface area contributed by atoms with E-state index in [1.165, 1.54) is 12.3 Å². The normalized spacial score (nSPS) is 14.7. The third kappa shape index (κ3) is 4.81. The van der Waals surface area contributed by atoms with E-state index < -0.39 is 11.9 Å². The Morgan fingerprint density at radius 2 is 1.89 bits per heavy atom. The van der Waals surface area contributed by atoms with Gasteiger partial charge in [-0.15, -0.1) is 0 Å². The Morgan fingerprint density at radius 3 is 2.62 bits per heavy atom. The molecule has 0 spiro atoms. The van der Waals surface area contributed by atoms with Crippen LogP contribution in [0.5, 0.6) is 5.75 Å². The first kappa shape index (κ1) is 24.5. The monoisotopic (exact) mass is 498 g/mol. The summed E-state index contributed by atoms with van der Waals surface area (Å²) in [5.74, 6) is -0.110. The number of nitrogens with zero attached hydrogens (tertiary/aromatic N) is 4. The molecule has 2 heterocycles. The fraction of sp³-hybridized carbons (Fsp3) is 0.207. The lowest BCUT2D eigenvalue weighted by atomic mass is 9.93. The second-order valence-electron chi connectivity index (χ2n) is 8.95. The van der Waals surface area contributed by atoms with Gasteiger partial charge in [0.25, 0.3) is 0 Å². The summed E-state index contributed by atoms with van der Waals surface area (Å²) in [6.45, 7) is 1.22. The molecule has 8 heteroatoms. The van der Waals surface area contributed by atoms with E-state index in [0.717, 1.165) is 16.8 Å². The summed E-state index contributed by atoms with van der Waals surface area (Å²) in [6, 6.07) is 19.0. The summed E-state index contributed by atoms with van der Waals surface area (Å²) in [6.07, 6.45) is 3.10. The van der Waals surface area contributed by atoms with Crippen LogP contribution >= 0.6 is 0 Å². The van der Waals surface area contributed by atoms with Gasteiger partial charge >= 0.3 is 0 Å². The number of aliphatic hydroxyl groups is 1. The molecule has 0 aliphatic carbocycles. The topological polar surface area (TPSA) is 80.0 Å². The minimum atomic E-state index is -0.999. The number of hydrogen-bond acceptors (Lipinski definition) is 6. The van der Waals surface area contributed by atoms with Gasteiger partial charge in [0.1, 0.15) is 35.3 Å². The number of ketones is 1. The van der Waals surface area contributed by atoms with Crippen LogP contribution in [-0.2, 0) is 6.54 Å². The number of aliphatic imine (C=N–C) groups is 1. The average molecular weight is 499 g/mol. The highest BCUT2D eigenvalue weighted by molar-refractivity contribution is 6.08. The highest BCUT2D eigenvalue weighted by Crippen LogP contribution is 2.33. The fourth-order valence-corrected chi connectivity index (χ4v) is 4.60. The summed E-state index contributed by atoms with van der Waals surface area (Å²) >= 11 is 0. The third-order valence-electron chi connectivity index (χ3n) is 6.52. The Labute approximate surface area is 214 Å². The first-order valence-electron chi connectivity index (χ1n) is 12.0. The van der Waals surface area contributed by atoms with Gasteiger partial charge in [-0.1, -0.05) is 36.4 Å². The number of ether oxygens (including phenoxy) is 1. The molecule has 7 nitrogen and oxygen atoms in total. The van der Waals surface area contributed by atoms with Crippen molar-refractivity contribution < 1.29 is 19.0 Å². The SMILES string of the molecule is COc1ccc(-n2cnc3c2C(=O)C(c2ccc(-c4ccccc4CN(C)CCO)cc2F)N=C3)cc1. The molecule has 1 aliphatic rings. The predicted molar refractivity (Wildman–Crippen MR) is 140 cm³/mol. The molecule has 1 N–H and O–H groups in total. The van der Waals surface area contributed by atoms with Gasteiger partial charge in [0.05, 0.1) is 19.9 Å². The second-order valence-corrected chi connectivity index (χ2v) is 8.95. The van der Waals surface area contributed by atoms with Crippen LogP contribution < -0.4 is 4.74 Å². The molecule has 0 saturated heterocycles. The maximum atomic E-state index is 15.5. The number of carbonyl (C=O) groups is 1. The molecular formula is C29H27FN4O3. The van der Waals surface area contributed by atoms with Crippen molar-refractivity contribution in [1.29, 1.82) is 0 Å². The third-order valence-corrected chi connectivity index (χ3v) is 6.52. The lowest BCUT2D eigenvalue weighted by Crippen LogP contribution is -2.22. The molecule has 1 aromatic heterocycles. The first-order valence-corrected chi connectivity index (χ1v) is 12.0. The molecule has 3 aromatic carbocycles. The second kappa shape index (κ2) is 10.5. The Hall–Kier alpha value is -4.14. The van der Waals surface area contributed by atoms with Gasteiger partial charge in [0.2, 0.25) is 5.78 Å². The molecule has 37 heavy (non-hydrogen) atoms. The Balaban J connectivity index is 1.45. The Morgan fingerprint density at radius 1 is 1.11 bits per heavy atom. The zero-order chi connectivity index (χ0) is 25.9. The van der Waals surface area contributed by atoms with Crippen molar-refractivity contribution in [2.45, 2.75) is 12.6 Å². The van der Waals surface area contributed by atoms with Crippen LogP contribution in [-0.4, -0.2) is 58.9 Å². The maximum Gasteiger partial charge on any atom is 0.210 e. The number of benzene rings is 3. The minimum Gasteiger partial charge on any atom is -0.497 e. The molecule has 4 aromatic rings. The number of fused-ring (bicyclic) bond motifs is 1. The quantitative estimate of drug-likeness (QED) is 0.388. The van der Waals surface area contributed by atoms with E-state index in [-0.39, 0.29) is 18.0 Å². The van der Waals surface area contributed by atoms with Crippen molar-refractivity contribution in [3.05, 3.63) is 101 Å². The van der Waals surface area contributed by atoms with Gasteiger partial charge < -0.3 is 9.84 Å². The molecule has 0 fully saturated rings. The molecule has 1 atom stereocenters. The molecule has 0 bridgehead atoms. The summed E-state index contributed by atoms with van der Waals surface area (Å²) in [7, 11) is 3.52. The summed E-state index contributed by atoms with van der Waals surface area (Å²) < 4.78 is 22.4. The van der Waals surface area contributed by atoms with E-state index in [0.29, 0.717) is 35.8 Å². The van der Waals surface area contributed by atoms with E-state index in [2.05, 4.69) is 9.98 Å². The van der Waals surface area contributed by atoms with Gasteiger partial charge in [-0.25, -0.2) is 9.37 Å². The van der Waals surface area contributed by atoms with Crippen molar-refractivity contribution in [3.63, 3.8) is 0 Å². The van der Waals surface area contributed by atoms with Crippen LogP contribution in [0.3, 0.4) is 0 Å². The molecule has 0 radical (unpaired) electrons. The van der Waals surface area contributed by atoms with Crippen LogP contribution in [0.15, 0.2) is 78.0 Å². The number of likely N-dealkylation sites (N-methyl/N-ethyl adjacent to an activating group) is 1. The highest BCUT2D eigenvalue weighted by atomic mass is 19.1. The number of carbonyl (C=O) groups excluding carboxylic acids is 1. The molecular weight excluding hydrogens is 471 g/mol. The van der Waals surface area contributed by atoms with Crippen molar-refractivity contribution in [2.75, 3.05) is 27.3 Å². The van der Waals surface area contributed by atoms with Crippen LogP contribution in [0.25, 0.3) is 16.8 Å². The maximum absolute atomic E-state index is 15.5. The molecule has 5 rings (SSSR count). The number of methoxy groups -OCH3 is 1. The standard InChI is InChI=1S/C29H27FN4O3/c1-33(13-14-35)17-20-5-3-4-6-23(20)19-7-12-24(25(30)15-19)27-29(36)28-26(16-31-27)32-18-34(28)21-8-10-22(37-2)11-9-21/h3-12,15-16,18,27,35H,13-14,17H2,1-2H3. The van der Waals surface area contributed by atoms with Gasteiger partial charge in [0.15, 0.2) is 0 Å². The molecule has 0 amide bonds. The van der Waals surface area contributed by atoms with E-state index in [1.54, 1.807) is 36.2 Å². The van der Waals surface area contributed by atoms with Crippen LogP contribution in [0.1, 0.15) is 33.4 Å². The van der Waals surface area contributed by atoms with Gasteiger partial charge in [-0.3, -0.25) is 19.3 Å². The van der Waals surface area contributed by atoms with Gasteiger partial charge in [-0.2, -0.15) is 0 Å². The fourth-order valence-electron chi connectivity index (χ4n) is 4.60.